The summed E-state index contributed by atoms with van der Waals surface area (Å²) in [7, 11) is 0. The Morgan fingerprint density at radius 3 is 1.34 bits per heavy atom. The number of hydrogen-bond acceptors (Lipinski definition) is 6. The van der Waals surface area contributed by atoms with Crippen LogP contribution in [0.5, 0.6) is 0 Å². The minimum absolute atomic E-state index is 0. The summed E-state index contributed by atoms with van der Waals surface area (Å²) in [4.78, 5) is 32.6. The molecule has 0 rings (SSSR count). The number of esters is 3. The number of rotatable bonds is 15. The van der Waals surface area contributed by atoms with E-state index in [0.717, 1.165) is 44.9 Å². The van der Waals surface area contributed by atoms with Crippen LogP contribution in [0, 0.1) is 0 Å². The van der Waals surface area contributed by atoms with Gasteiger partial charge in [0.1, 0.15) is 6.10 Å². The summed E-state index contributed by atoms with van der Waals surface area (Å²) in [5.74, 6) is -0.926. The molecule has 0 bridgehead atoms. The van der Waals surface area contributed by atoms with Crippen molar-refractivity contribution < 1.29 is 29.0 Å². The predicted molar refractivity (Wildman–Crippen MR) is 175 cm³/mol. The molecule has 1 N–H and O–H groups in total. The first-order valence-electron chi connectivity index (χ1n) is 14.9. The Hall–Kier alpha value is -2.47. The average Bonchev–Trinajstić information content (AvgIpc) is 2.79. The highest BCUT2D eigenvalue weighted by Gasteiger charge is 2.07. The molecule has 240 valence electrons. The minimum Gasteiger partial charge on any atom is -0.458 e. The summed E-state index contributed by atoms with van der Waals surface area (Å²) in [5.41, 5.74) is 5.25. The van der Waals surface area contributed by atoms with Crippen LogP contribution in [0.15, 0.2) is 46.6 Å². The lowest BCUT2D eigenvalue weighted by molar-refractivity contribution is -0.159. The number of allylic oxidation sites excluding steroid dienone is 6. The second-order valence-electron chi connectivity index (χ2n) is 10.7. The molecule has 0 heterocycles. The average molecular weight is 581 g/mol. The van der Waals surface area contributed by atoms with E-state index in [9.17, 15) is 14.4 Å². The molecule has 0 spiro atoms. The van der Waals surface area contributed by atoms with Gasteiger partial charge in [-0.2, -0.15) is 0 Å². The number of aliphatic hydroxyl groups excluding tert-OH is 1. The van der Waals surface area contributed by atoms with Crippen LogP contribution < -0.4 is 0 Å². The van der Waals surface area contributed by atoms with E-state index < -0.39 is 11.9 Å². The normalized spacial score (nSPS) is 12.1. The number of carbonyl (C=O) groups excluding carboxylic acids is 3. The van der Waals surface area contributed by atoms with Gasteiger partial charge < -0.3 is 14.6 Å². The number of carbonyl (C=O) groups is 3. The lowest BCUT2D eigenvalue weighted by atomic mass is 10.1. The van der Waals surface area contributed by atoms with Crippen molar-refractivity contribution in [2.75, 3.05) is 0 Å². The fraction of sp³-hybridized carbons (Fsp3) is 0.686. The largest absolute Gasteiger partial charge is 0.458 e. The van der Waals surface area contributed by atoms with Gasteiger partial charge >= 0.3 is 17.9 Å². The number of aliphatic hydroxyl groups is 1. The summed E-state index contributed by atoms with van der Waals surface area (Å²) in [6.45, 7) is 22.0. The lowest BCUT2D eigenvalue weighted by Gasteiger charge is -2.10. The Morgan fingerprint density at radius 1 is 0.634 bits per heavy atom. The van der Waals surface area contributed by atoms with Crippen LogP contribution in [0.4, 0.5) is 0 Å². The molecule has 0 aromatic carbocycles. The summed E-state index contributed by atoms with van der Waals surface area (Å²) < 4.78 is 9.71. The van der Waals surface area contributed by atoms with Crippen LogP contribution in [0.1, 0.15) is 148 Å². The first-order chi connectivity index (χ1) is 18.7. The molecule has 0 saturated heterocycles. The second-order valence-corrected chi connectivity index (χ2v) is 10.7. The van der Waals surface area contributed by atoms with Crippen molar-refractivity contribution in [2.45, 2.75) is 160 Å². The Kier molecular flexibility index (Phi) is 33.8. The van der Waals surface area contributed by atoms with Gasteiger partial charge in [-0.3, -0.25) is 14.4 Å². The third-order valence-corrected chi connectivity index (χ3v) is 5.13. The molecular weight excluding hydrogens is 516 g/mol. The van der Waals surface area contributed by atoms with Crippen LogP contribution in [0.3, 0.4) is 0 Å². The molecule has 0 aromatic rings. The van der Waals surface area contributed by atoms with Gasteiger partial charge in [-0.1, -0.05) is 68.7 Å². The van der Waals surface area contributed by atoms with E-state index in [2.05, 4.69) is 58.4 Å². The minimum atomic E-state index is -0.411. The summed E-state index contributed by atoms with van der Waals surface area (Å²) in [6.07, 6.45) is 15.6. The summed E-state index contributed by atoms with van der Waals surface area (Å²) in [5, 5.41) is 9.04. The second kappa shape index (κ2) is 30.5. The van der Waals surface area contributed by atoms with Crippen molar-refractivity contribution in [3.63, 3.8) is 0 Å². The van der Waals surface area contributed by atoms with Gasteiger partial charge in [0, 0.05) is 19.3 Å². The maximum atomic E-state index is 11.3. The van der Waals surface area contributed by atoms with Gasteiger partial charge in [0.05, 0.1) is 6.10 Å². The maximum Gasteiger partial charge on any atom is 0.313 e. The SMILES string of the molecule is C.CC(C)=CCC/C(C)=C/C(C)O.CCCC(=O)OC(=O)CCC.CCCC(=O)OC(C)/C=C(\C)CCC=C(C)C. The smallest absolute Gasteiger partial charge is 0.313 e. The Labute approximate surface area is 253 Å². The van der Waals surface area contributed by atoms with E-state index in [1.165, 1.54) is 22.3 Å². The van der Waals surface area contributed by atoms with Gasteiger partial charge in [0.2, 0.25) is 0 Å². The van der Waals surface area contributed by atoms with E-state index in [-0.39, 0.29) is 25.6 Å². The molecule has 0 radical (unpaired) electrons. The highest BCUT2D eigenvalue weighted by molar-refractivity contribution is 5.85. The van der Waals surface area contributed by atoms with E-state index in [0.29, 0.717) is 19.3 Å². The van der Waals surface area contributed by atoms with Crippen molar-refractivity contribution in [1.82, 2.24) is 0 Å². The molecule has 41 heavy (non-hydrogen) atoms. The zero-order valence-electron chi connectivity index (χ0n) is 27.5. The van der Waals surface area contributed by atoms with Crippen molar-refractivity contribution in [2.24, 2.45) is 0 Å². The van der Waals surface area contributed by atoms with Crippen molar-refractivity contribution >= 4 is 17.9 Å². The number of hydrogen-bond donors (Lipinski definition) is 1. The van der Waals surface area contributed by atoms with Crippen molar-refractivity contribution in [3.05, 3.63) is 46.6 Å². The van der Waals surface area contributed by atoms with E-state index in [1.54, 1.807) is 6.92 Å². The van der Waals surface area contributed by atoms with Gasteiger partial charge in [0.25, 0.3) is 0 Å². The van der Waals surface area contributed by atoms with E-state index in [1.807, 2.05) is 39.8 Å². The fourth-order valence-corrected chi connectivity index (χ4v) is 3.30. The molecule has 0 aliphatic rings. The lowest BCUT2D eigenvalue weighted by Crippen LogP contribution is -2.12. The molecule has 0 aromatic heterocycles. The molecule has 6 nitrogen and oxygen atoms in total. The highest BCUT2D eigenvalue weighted by atomic mass is 16.6. The van der Waals surface area contributed by atoms with Crippen molar-refractivity contribution in [1.29, 1.82) is 0 Å². The zero-order valence-corrected chi connectivity index (χ0v) is 27.5. The molecule has 0 fully saturated rings. The molecule has 2 unspecified atom stereocenters. The predicted octanol–water partition coefficient (Wildman–Crippen LogP) is 9.76. The quantitative estimate of drug-likeness (QED) is 0.118. The van der Waals surface area contributed by atoms with Crippen LogP contribution in [-0.4, -0.2) is 35.2 Å². The maximum absolute atomic E-state index is 11.3. The summed E-state index contributed by atoms with van der Waals surface area (Å²) >= 11 is 0. The van der Waals surface area contributed by atoms with Gasteiger partial charge in [-0.25, -0.2) is 0 Å². The monoisotopic (exact) mass is 580 g/mol. The van der Waals surface area contributed by atoms with Crippen LogP contribution in [0.2, 0.25) is 0 Å². The van der Waals surface area contributed by atoms with Crippen LogP contribution in [-0.2, 0) is 23.9 Å². The molecule has 0 aliphatic carbocycles. The molecular formula is C35H64O6. The highest BCUT2D eigenvalue weighted by Crippen LogP contribution is 2.10. The third kappa shape index (κ3) is 39.7. The third-order valence-electron chi connectivity index (χ3n) is 5.13. The molecule has 0 saturated carbocycles. The molecule has 0 amide bonds. The van der Waals surface area contributed by atoms with E-state index in [4.69, 9.17) is 9.84 Å². The first kappa shape index (κ1) is 45.5. The van der Waals surface area contributed by atoms with Gasteiger partial charge in [0.15, 0.2) is 0 Å². The van der Waals surface area contributed by atoms with Gasteiger partial charge in [-0.05, 0) is 106 Å². The topological polar surface area (TPSA) is 89.9 Å². The standard InChI is InChI=1S/C15H26O2.C11H20O.C8H14O3.CH4/c1-6-8-15(16)17-14(5)11-13(4)10-7-9-12(2)3;1-9(2)6-5-7-10(3)8-11(4)12;1-3-5-7(9)11-8(10)6-4-2;/h9,11,14H,6-8,10H2,1-5H3;6,8,11-12H,5,7H2,1-4H3;3-6H2,1-2H3;1H4/b13-11+;10-8+;;. The first-order valence-corrected chi connectivity index (χ1v) is 14.9. The molecule has 6 heteroatoms. The summed E-state index contributed by atoms with van der Waals surface area (Å²) in [6, 6.07) is 0. The van der Waals surface area contributed by atoms with Crippen molar-refractivity contribution in [3.8, 4) is 0 Å². The Morgan fingerprint density at radius 2 is 1.00 bits per heavy atom. The fourth-order valence-electron chi connectivity index (χ4n) is 3.30. The van der Waals surface area contributed by atoms with Crippen LogP contribution >= 0.6 is 0 Å². The molecule has 0 aliphatic heterocycles. The number of ether oxygens (including phenoxy) is 2. The zero-order chi connectivity index (χ0) is 31.5. The van der Waals surface area contributed by atoms with E-state index >= 15 is 0 Å². The van der Waals surface area contributed by atoms with Crippen LogP contribution in [0.25, 0.3) is 0 Å². The van der Waals surface area contributed by atoms with Gasteiger partial charge in [-0.15, -0.1) is 0 Å². The molecule has 2 atom stereocenters. The Balaban J connectivity index is -0.000000255. The Bertz CT molecular complexity index is 791.